The molecule has 1 aromatic heterocycles. The Bertz CT molecular complexity index is 993. The minimum Gasteiger partial charge on any atom is -0.489 e. The van der Waals surface area contributed by atoms with Crippen LogP contribution in [-0.2, 0) is 11.3 Å². The number of anilines is 1. The van der Waals surface area contributed by atoms with E-state index in [-0.39, 0.29) is 5.91 Å². The molecule has 0 unspecified atom stereocenters. The van der Waals surface area contributed by atoms with Crippen molar-refractivity contribution >= 4 is 11.6 Å². The number of aryl methyl sites for hydroxylation is 3. The van der Waals surface area contributed by atoms with Crippen molar-refractivity contribution in [3.8, 4) is 11.5 Å². The van der Waals surface area contributed by atoms with Gasteiger partial charge in [0.2, 0.25) is 0 Å². The zero-order chi connectivity index (χ0) is 21.5. The molecule has 0 saturated carbocycles. The molecule has 0 radical (unpaired) electrons. The van der Waals surface area contributed by atoms with Crippen LogP contribution in [0.2, 0.25) is 0 Å². The molecular weight excluding hydrogens is 384 g/mol. The van der Waals surface area contributed by atoms with E-state index in [4.69, 9.17) is 18.7 Å². The summed E-state index contributed by atoms with van der Waals surface area (Å²) in [5, 5.41) is 6.83. The SMILES string of the molecule is COCCOc1cc(C)ccc1NC(=O)c1cccc(OCc2c(C)noc2C)c1. The van der Waals surface area contributed by atoms with Crippen LogP contribution < -0.4 is 14.8 Å². The summed E-state index contributed by atoms with van der Waals surface area (Å²) >= 11 is 0. The minimum atomic E-state index is -0.252. The molecule has 7 nitrogen and oxygen atoms in total. The first kappa shape index (κ1) is 21.4. The number of rotatable bonds is 9. The number of hydrogen-bond acceptors (Lipinski definition) is 6. The van der Waals surface area contributed by atoms with Gasteiger partial charge in [-0.05, 0) is 56.7 Å². The fourth-order valence-corrected chi connectivity index (χ4v) is 2.87. The molecule has 2 aromatic carbocycles. The summed E-state index contributed by atoms with van der Waals surface area (Å²) in [5.74, 6) is 1.66. The van der Waals surface area contributed by atoms with Crippen LogP contribution in [0.15, 0.2) is 47.0 Å². The maximum absolute atomic E-state index is 12.8. The van der Waals surface area contributed by atoms with Crippen LogP contribution in [0.1, 0.15) is 32.9 Å². The number of nitrogens with zero attached hydrogens (tertiary/aromatic N) is 1. The molecule has 0 fully saturated rings. The number of hydrogen-bond donors (Lipinski definition) is 1. The highest BCUT2D eigenvalue weighted by Gasteiger charge is 2.13. The van der Waals surface area contributed by atoms with Crippen molar-refractivity contribution < 1.29 is 23.5 Å². The topological polar surface area (TPSA) is 82.8 Å². The lowest BCUT2D eigenvalue weighted by molar-refractivity contribution is 0.102. The van der Waals surface area contributed by atoms with Gasteiger partial charge in [-0.3, -0.25) is 4.79 Å². The first-order chi connectivity index (χ1) is 14.5. The van der Waals surface area contributed by atoms with Gasteiger partial charge in [0.05, 0.1) is 23.6 Å². The molecule has 0 aliphatic carbocycles. The van der Waals surface area contributed by atoms with Crippen LogP contribution in [0.5, 0.6) is 11.5 Å². The summed E-state index contributed by atoms with van der Waals surface area (Å²) in [4.78, 5) is 12.8. The molecule has 1 amide bonds. The first-order valence-corrected chi connectivity index (χ1v) is 9.66. The Labute approximate surface area is 175 Å². The number of carbonyl (C=O) groups is 1. The summed E-state index contributed by atoms with van der Waals surface area (Å²) in [5.41, 5.74) is 3.82. The average Bonchev–Trinajstić information content (AvgIpc) is 3.06. The lowest BCUT2D eigenvalue weighted by Crippen LogP contribution is -2.14. The molecular formula is C23H26N2O5. The number of aromatic nitrogens is 1. The Balaban J connectivity index is 1.69. The molecule has 0 bridgehead atoms. The van der Waals surface area contributed by atoms with Crippen molar-refractivity contribution in [1.29, 1.82) is 0 Å². The second kappa shape index (κ2) is 9.93. The van der Waals surface area contributed by atoms with Crippen molar-refractivity contribution in [1.82, 2.24) is 5.16 Å². The van der Waals surface area contributed by atoms with E-state index in [1.807, 2.05) is 39.0 Å². The van der Waals surface area contributed by atoms with Gasteiger partial charge in [0, 0.05) is 12.7 Å². The molecule has 0 atom stereocenters. The van der Waals surface area contributed by atoms with Gasteiger partial charge in [-0.2, -0.15) is 0 Å². The second-order valence-corrected chi connectivity index (χ2v) is 6.91. The molecule has 0 aliphatic rings. The molecule has 158 valence electrons. The van der Waals surface area contributed by atoms with Crippen LogP contribution in [0.4, 0.5) is 5.69 Å². The quantitative estimate of drug-likeness (QED) is 0.525. The first-order valence-electron chi connectivity index (χ1n) is 9.66. The van der Waals surface area contributed by atoms with Crippen molar-refractivity contribution in [3.05, 3.63) is 70.6 Å². The lowest BCUT2D eigenvalue weighted by atomic mass is 10.1. The number of methoxy groups -OCH3 is 1. The normalized spacial score (nSPS) is 10.7. The Kier molecular flexibility index (Phi) is 7.08. The van der Waals surface area contributed by atoms with Gasteiger partial charge in [0.1, 0.15) is 30.5 Å². The van der Waals surface area contributed by atoms with Crippen LogP contribution in [0.3, 0.4) is 0 Å². The third-order valence-corrected chi connectivity index (χ3v) is 4.59. The van der Waals surface area contributed by atoms with Gasteiger partial charge in [-0.25, -0.2) is 0 Å². The molecule has 0 aliphatic heterocycles. The van der Waals surface area contributed by atoms with E-state index >= 15 is 0 Å². The molecule has 0 spiro atoms. The van der Waals surface area contributed by atoms with Gasteiger partial charge < -0.3 is 24.1 Å². The standard InChI is InChI=1S/C23H26N2O5/c1-15-8-9-21(22(12-15)28-11-10-27-4)24-23(26)18-6-5-7-19(13-18)29-14-20-16(2)25-30-17(20)3/h5-9,12-13H,10-11,14H2,1-4H3,(H,24,26). The van der Waals surface area contributed by atoms with E-state index in [1.165, 1.54) is 0 Å². The van der Waals surface area contributed by atoms with Crippen molar-refractivity contribution in [2.45, 2.75) is 27.4 Å². The molecule has 0 saturated heterocycles. The summed E-state index contributed by atoms with van der Waals surface area (Å²) in [6.07, 6.45) is 0. The minimum absolute atomic E-state index is 0.252. The Morgan fingerprint density at radius 1 is 1.07 bits per heavy atom. The van der Waals surface area contributed by atoms with Crippen LogP contribution >= 0.6 is 0 Å². The lowest BCUT2D eigenvalue weighted by Gasteiger charge is -2.14. The second-order valence-electron chi connectivity index (χ2n) is 6.91. The highest BCUT2D eigenvalue weighted by molar-refractivity contribution is 6.05. The van der Waals surface area contributed by atoms with Gasteiger partial charge in [-0.1, -0.05) is 17.3 Å². The Hall–Kier alpha value is -3.32. The predicted octanol–water partition coefficient (Wildman–Crippen LogP) is 4.46. The average molecular weight is 410 g/mol. The summed E-state index contributed by atoms with van der Waals surface area (Å²) in [7, 11) is 1.61. The molecule has 3 aromatic rings. The third kappa shape index (κ3) is 5.39. The summed E-state index contributed by atoms with van der Waals surface area (Å²) in [6.45, 7) is 6.86. The van der Waals surface area contributed by atoms with E-state index in [0.717, 1.165) is 22.6 Å². The maximum Gasteiger partial charge on any atom is 0.255 e. The summed E-state index contributed by atoms with van der Waals surface area (Å²) in [6, 6.07) is 12.7. The van der Waals surface area contributed by atoms with Gasteiger partial charge in [0.25, 0.3) is 5.91 Å². The van der Waals surface area contributed by atoms with Crippen LogP contribution in [0.25, 0.3) is 0 Å². The number of amides is 1. The molecule has 1 N–H and O–H groups in total. The van der Waals surface area contributed by atoms with Crippen LogP contribution in [0, 0.1) is 20.8 Å². The number of ether oxygens (including phenoxy) is 3. The number of carbonyl (C=O) groups excluding carboxylic acids is 1. The van der Waals surface area contributed by atoms with Gasteiger partial charge in [0.15, 0.2) is 0 Å². The van der Waals surface area contributed by atoms with Crippen LogP contribution in [-0.4, -0.2) is 31.4 Å². The van der Waals surface area contributed by atoms with E-state index in [1.54, 1.807) is 31.4 Å². The Morgan fingerprint density at radius 3 is 2.63 bits per heavy atom. The number of nitrogens with one attached hydrogen (secondary N) is 1. The van der Waals surface area contributed by atoms with Crippen molar-refractivity contribution in [3.63, 3.8) is 0 Å². The predicted molar refractivity (Wildman–Crippen MR) is 113 cm³/mol. The molecule has 3 rings (SSSR count). The van der Waals surface area contributed by atoms with Crippen molar-refractivity contribution in [2.24, 2.45) is 0 Å². The highest BCUT2D eigenvalue weighted by atomic mass is 16.5. The largest absolute Gasteiger partial charge is 0.489 e. The zero-order valence-electron chi connectivity index (χ0n) is 17.7. The third-order valence-electron chi connectivity index (χ3n) is 4.59. The molecule has 7 heteroatoms. The summed E-state index contributed by atoms with van der Waals surface area (Å²) < 4.78 is 21.8. The van der Waals surface area contributed by atoms with Gasteiger partial charge >= 0.3 is 0 Å². The Morgan fingerprint density at radius 2 is 1.90 bits per heavy atom. The highest BCUT2D eigenvalue weighted by Crippen LogP contribution is 2.27. The van der Waals surface area contributed by atoms with E-state index < -0.39 is 0 Å². The van der Waals surface area contributed by atoms with Crippen molar-refractivity contribution in [2.75, 3.05) is 25.6 Å². The fraction of sp³-hybridized carbons (Fsp3) is 0.304. The monoisotopic (exact) mass is 410 g/mol. The smallest absolute Gasteiger partial charge is 0.255 e. The van der Waals surface area contributed by atoms with E-state index in [2.05, 4.69) is 10.5 Å². The maximum atomic E-state index is 12.8. The zero-order valence-corrected chi connectivity index (χ0v) is 17.7. The molecule has 1 heterocycles. The molecule has 30 heavy (non-hydrogen) atoms. The van der Waals surface area contributed by atoms with Gasteiger partial charge in [-0.15, -0.1) is 0 Å². The van der Waals surface area contributed by atoms with E-state index in [9.17, 15) is 4.79 Å². The number of benzene rings is 2. The van der Waals surface area contributed by atoms with E-state index in [0.29, 0.717) is 42.6 Å². The fourth-order valence-electron chi connectivity index (χ4n) is 2.87.